The van der Waals surface area contributed by atoms with Crippen molar-refractivity contribution in [2.75, 3.05) is 20.3 Å². The summed E-state index contributed by atoms with van der Waals surface area (Å²) in [5.41, 5.74) is 2.91. The highest BCUT2D eigenvalue weighted by Gasteiger charge is 2.28. The summed E-state index contributed by atoms with van der Waals surface area (Å²) >= 11 is 0. The zero-order chi connectivity index (χ0) is 20.9. The molecule has 0 saturated carbocycles. The van der Waals surface area contributed by atoms with E-state index >= 15 is 0 Å². The molecule has 1 fully saturated rings. The zero-order valence-corrected chi connectivity index (χ0v) is 16.5. The van der Waals surface area contributed by atoms with E-state index in [2.05, 4.69) is 5.10 Å². The molecule has 4 rings (SSSR count). The first kappa shape index (κ1) is 19.9. The van der Waals surface area contributed by atoms with Crippen LogP contribution in [0.5, 0.6) is 11.5 Å². The molecule has 0 aliphatic carbocycles. The number of benzene rings is 2. The average Bonchev–Trinajstić information content (AvgIpc) is 3.44. The Hall–Kier alpha value is -3.36. The molecule has 2 heterocycles. The largest absolute Gasteiger partial charge is 0.497 e. The molecule has 3 aromatic rings. The Labute approximate surface area is 173 Å². The van der Waals surface area contributed by atoms with Crippen LogP contribution < -0.4 is 9.47 Å². The lowest BCUT2D eigenvalue weighted by molar-refractivity contribution is -0.136. The maximum absolute atomic E-state index is 11.0. The van der Waals surface area contributed by atoms with Gasteiger partial charge in [-0.3, -0.25) is 4.79 Å². The van der Waals surface area contributed by atoms with Gasteiger partial charge in [0.2, 0.25) is 0 Å². The fourth-order valence-electron chi connectivity index (χ4n) is 3.27. The summed E-state index contributed by atoms with van der Waals surface area (Å²) in [5, 5.41) is 13.4. The fraction of sp³-hybridized carbons (Fsp3) is 0.273. The Morgan fingerprint density at radius 2 is 1.97 bits per heavy atom. The van der Waals surface area contributed by atoms with Crippen LogP contribution >= 0.6 is 0 Å². The predicted molar refractivity (Wildman–Crippen MR) is 107 cm³/mol. The highest BCUT2D eigenvalue weighted by molar-refractivity contribution is 5.70. The third-order valence-electron chi connectivity index (χ3n) is 4.66. The second-order valence-electron chi connectivity index (χ2n) is 6.77. The standard InChI is InChI=1S/C22H22N2O6/c1-27-17-10-18(24-13-16(12-23-24)9-20(25)26)21(22-28-7-8-29-22)19(11-17)30-14-15-5-3-2-4-6-15/h2-6,10-13,22H,7-9,14H2,1H3,(H,25,26). The molecular formula is C22H22N2O6. The predicted octanol–water partition coefficient (Wildman–Crippen LogP) is 3.13. The summed E-state index contributed by atoms with van der Waals surface area (Å²) in [6.07, 6.45) is 2.46. The molecule has 8 heteroatoms. The molecule has 1 aliphatic heterocycles. The molecule has 0 bridgehead atoms. The van der Waals surface area contributed by atoms with Crippen LogP contribution in [0.4, 0.5) is 0 Å². The third-order valence-corrected chi connectivity index (χ3v) is 4.66. The second kappa shape index (κ2) is 8.98. The van der Waals surface area contributed by atoms with Crippen LogP contribution in [-0.2, 0) is 27.3 Å². The Morgan fingerprint density at radius 1 is 1.20 bits per heavy atom. The van der Waals surface area contributed by atoms with Gasteiger partial charge in [0.15, 0.2) is 6.29 Å². The number of methoxy groups -OCH3 is 1. The van der Waals surface area contributed by atoms with Gasteiger partial charge in [0.25, 0.3) is 0 Å². The highest BCUT2D eigenvalue weighted by Crippen LogP contribution is 2.39. The van der Waals surface area contributed by atoms with Gasteiger partial charge in [0, 0.05) is 23.9 Å². The number of aromatic nitrogens is 2. The number of nitrogens with zero attached hydrogens (tertiary/aromatic N) is 2. The number of rotatable bonds is 8. The van der Waals surface area contributed by atoms with Crippen LogP contribution in [0.3, 0.4) is 0 Å². The molecule has 1 aliphatic rings. The van der Waals surface area contributed by atoms with Crippen molar-refractivity contribution in [3.8, 4) is 17.2 Å². The molecular weight excluding hydrogens is 388 g/mol. The van der Waals surface area contributed by atoms with Crippen molar-refractivity contribution in [2.45, 2.75) is 19.3 Å². The maximum Gasteiger partial charge on any atom is 0.307 e. The summed E-state index contributed by atoms with van der Waals surface area (Å²) in [7, 11) is 1.57. The van der Waals surface area contributed by atoms with Crippen molar-refractivity contribution in [2.24, 2.45) is 0 Å². The fourth-order valence-corrected chi connectivity index (χ4v) is 3.27. The van der Waals surface area contributed by atoms with Crippen LogP contribution in [0.25, 0.3) is 5.69 Å². The summed E-state index contributed by atoms with van der Waals surface area (Å²) in [5.74, 6) is 0.204. The summed E-state index contributed by atoms with van der Waals surface area (Å²) in [6.45, 7) is 1.30. The molecule has 1 saturated heterocycles. The third kappa shape index (κ3) is 4.45. The van der Waals surface area contributed by atoms with E-state index in [1.807, 2.05) is 30.3 Å². The van der Waals surface area contributed by atoms with E-state index in [1.165, 1.54) is 6.20 Å². The Morgan fingerprint density at radius 3 is 2.67 bits per heavy atom. The van der Waals surface area contributed by atoms with Gasteiger partial charge < -0.3 is 24.1 Å². The number of carbonyl (C=O) groups is 1. The van der Waals surface area contributed by atoms with Crippen molar-refractivity contribution in [1.29, 1.82) is 0 Å². The Bertz CT molecular complexity index is 1010. The van der Waals surface area contributed by atoms with Crippen LogP contribution in [0.15, 0.2) is 54.9 Å². The monoisotopic (exact) mass is 410 g/mol. The van der Waals surface area contributed by atoms with Gasteiger partial charge in [-0.1, -0.05) is 30.3 Å². The first-order valence-electron chi connectivity index (χ1n) is 9.51. The maximum atomic E-state index is 11.0. The summed E-state index contributed by atoms with van der Waals surface area (Å²) in [6, 6.07) is 13.4. The van der Waals surface area contributed by atoms with E-state index in [9.17, 15) is 4.79 Å². The first-order chi connectivity index (χ1) is 14.6. The molecule has 1 N–H and O–H groups in total. The van der Waals surface area contributed by atoms with Gasteiger partial charge in [0.05, 0.1) is 44.2 Å². The lowest BCUT2D eigenvalue weighted by atomic mass is 10.1. The smallest absolute Gasteiger partial charge is 0.307 e. The lowest BCUT2D eigenvalue weighted by Crippen LogP contribution is -2.10. The molecule has 1 aromatic heterocycles. The minimum Gasteiger partial charge on any atom is -0.497 e. The number of hydrogen-bond donors (Lipinski definition) is 1. The first-order valence-corrected chi connectivity index (χ1v) is 9.51. The average molecular weight is 410 g/mol. The quantitative estimate of drug-likeness (QED) is 0.610. The molecule has 156 valence electrons. The zero-order valence-electron chi connectivity index (χ0n) is 16.5. The minimum atomic E-state index is -0.922. The topological polar surface area (TPSA) is 92.0 Å². The van der Waals surface area contributed by atoms with E-state index in [0.29, 0.717) is 48.1 Å². The SMILES string of the molecule is COc1cc(OCc2ccccc2)c(C2OCCO2)c(-n2cc(CC(=O)O)cn2)c1. The van der Waals surface area contributed by atoms with Gasteiger partial charge >= 0.3 is 5.97 Å². The number of carboxylic acid groups (broad SMARTS) is 1. The van der Waals surface area contributed by atoms with Crippen LogP contribution in [-0.4, -0.2) is 41.2 Å². The van der Waals surface area contributed by atoms with Crippen molar-refractivity contribution >= 4 is 5.97 Å². The molecule has 0 atom stereocenters. The minimum absolute atomic E-state index is 0.118. The molecule has 0 spiro atoms. The van der Waals surface area contributed by atoms with E-state index in [1.54, 1.807) is 30.1 Å². The second-order valence-corrected chi connectivity index (χ2v) is 6.77. The summed E-state index contributed by atoms with van der Waals surface area (Å²) < 4.78 is 24.7. The van der Waals surface area contributed by atoms with Crippen LogP contribution in [0.1, 0.15) is 23.0 Å². The number of hydrogen-bond acceptors (Lipinski definition) is 6. The molecule has 8 nitrogen and oxygen atoms in total. The molecule has 0 radical (unpaired) electrons. The van der Waals surface area contributed by atoms with Gasteiger partial charge in [-0.15, -0.1) is 0 Å². The molecule has 0 unspecified atom stereocenters. The lowest BCUT2D eigenvalue weighted by Gasteiger charge is -2.20. The molecule has 0 amide bonds. The van der Waals surface area contributed by atoms with E-state index < -0.39 is 12.3 Å². The molecule has 2 aromatic carbocycles. The normalized spacial score (nSPS) is 14.0. The van der Waals surface area contributed by atoms with Gasteiger partial charge in [-0.05, 0) is 5.56 Å². The number of ether oxygens (including phenoxy) is 4. The van der Waals surface area contributed by atoms with Crippen molar-refractivity contribution in [3.63, 3.8) is 0 Å². The number of aliphatic carboxylic acids is 1. The van der Waals surface area contributed by atoms with Gasteiger partial charge in [0.1, 0.15) is 18.1 Å². The van der Waals surface area contributed by atoms with Gasteiger partial charge in [-0.2, -0.15) is 5.10 Å². The van der Waals surface area contributed by atoms with Crippen molar-refractivity contribution in [1.82, 2.24) is 9.78 Å². The Kier molecular flexibility index (Phi) is 5.97. The number of carboxylic acids is 1. The van der Waals surface area contributed by atoms with Gasteiger partial charge in [-0.25, -0.2) is 4.68 Å². The van der Waals surface area contributed by atoms with Crippen LogP contribution in [0, 0.1) is 0 Å². The molecule has 30 heavy (non-hydrogen) atoms. The van der Waals surface area contributed by atoms with Crippen LogP contribution in [0.2, 0.25) is 0 Å². The van der Waals surface area contributed by atoms with Crippen molar-refractivity contribution in [3.05, 3.63) is 71.5 Å². The van der Waals surface area contributed by atoms with E-state index in [4.69, 9.17) is 24.1 Å². The van der Waals surface area contributed by atoms with E-state index in [-0.39, 0.29) is 6.42 Å². The summed E-state index contributed by atoms with van der Waals surface area (Å²) in [4.78, 5) is 11.0. The van der Waals surface area contributed by atoms with Crippen molar-refractivity contribution < 1.29 is 28.8 Å². The highest BCUT2D eigenvalue weighted by atomic mass is 16.7. The Balaban J connectivity index is 1.75. The van der Waals surface area contributed by atoms with E-state index in [0.717, 1.165) is 5.56 Å².